The second-order valence-electron chi connectivity index (χ2n) is 6.73. The number of nitrogens with zero attached hydrogens (tertiary/aromatic N) is 1. The Bertz CT molecular complexity index is 784. The van der Waals surface area contributed by atoms with Gasteiger partial charge in [0.25, 0.3) is 0 Å². The van der Waals surface area contributed by atoms with Gasteiger partial charge in [0, 0.05) is 10.8 Å². The first kappa shape index (κ1) is 17.9. The van der Waals surface area contributed by atoms with Gasteiger partial charge >= 0.3 is 0 Å². The van der Waals surface area contributed by atoms with Crippen molar-refractivity contribution in [2.24, 2.45) is 0 Å². The molecule has 23 heavy (non-hydrogen) atoms. The summed E-state index contributed by atoms with van der Waals surface area (Å²) in [5.41, 5.74) is 6.61. The van der Waals surface area contributed by atoms with Crippen molar-refractivity contribution in [3.8, 4) is 0 Å². The fourth-order valence-electron chi connectivity index (χ4n) is 2.77. The molecule has 0 bridgehead atoms. The Morgan fingerprint density at radius 3 is 2.09 bits per heavy atom. The lowest BCUT2D eigenvalue weighted by Gasteiger charge is -2.06. The minimum atomic E-state index is 0.903. The number of hydrogen-bond donors (Lipinski definition) is 0. The molecule has 1 heterocycles. The monoisotopic (exact) mass is 325 g/mol. The van der Waals surface area contributed by atoms with Crippen LogP contribution in [0.1, 0.15) is 38.8 Å². The molecule has 0 aliphatic carbocycles. The molecule has 0 spiro atoms. The summed E-state index contributed by atoms with van der Waals surface area (Å²) in [7, 11) is 1.15. The molecule has 2 heteroatoms. The second-order valence-corrected chi connectivity index (χ2v) is 9.37. The smallest absolute Gasteiger partial charge is 0.0712 e. The van der Waals surface area contributed by atoms with E-state index >= 15 is 0 Å². The molecule has 2 aromatic carbocycles. The third kappa shape index (κ3) is 4.75. The highest BCUT2D eigenvalue weighted by atomic mass is 31.1. The zero-order valence-corrected chi connectivity index (χ0v) is 16.1. The summed E-state index contributed by atoms with van der Waals surface area (Å²) < 4.78 is 0. The molecular weight excluding hydrogens is 297 g/mol. The average Bonchev–Trinajstić information content (AvgIpc) is 2.49. The SMILES string of the molecule is CC(C)PC(C)C.Cc1ccc2nc3ccccc3cc2c1C. The number of hydrogen-bond acceptors (Lipinski definition) is 1. The van der Waals surface area contributed by atoms with Crippen LogP contribution < -0.4 is 0 Å². The molecule has 122 valence electrons. The first-order valence-corrected chi connectivity index (χ1v) is 9.55. The van der Waals surface area contributed by atoms with E-state index < -0.39 is 0 Å². The molecule has 1 nitrogen and oxygen atoms in total. The molecule has 0 fully saturated rings. The summed E-state index contributed by atoms with van der Waals surface area (Å²) in [6, 6.07) is 14.7. The van der Waals surface area contributed by atoms with E-state index in [9.17, 15) is 0 Å². The highest BCUT2D eigenvalue weighted by Crippen LogP contribution is 2.24. The number of aromatic nitrogens is 1. The normalized spacial score (nSPS) is 11.1. The standard InChI is InChI=1S/C15H13N.C6H15P/c1-10-7-8-15-13(11(10)2)9-12-5-3-4-6-14(12)16-15;1-5(2)7-6(3)4/h3-9H,1-2H3;5-7H,1-4H3. The summed E-state index contributed by atoms with van der Waals surface area (Å²) >= 11 is 0. The molecule has 3 rings (SSSR count). The number of fused-ring (bicyclic) bond motifs is 2. The van der Waals surface area contributed by atoms with E-state index in [4.69, 9.17) is 0 Å². The van der Waals surface area contributed by atoms with Crippen LogP contribution in [0, 0.1) is 13.8 Å². The quantitative estimate of drug-likeness (QED) is 0.388. The van der Waals surface area contributed by atoms with Gasteiger partial charge in [0.2, 0.25) is 0 Å². The fraction of sp³-hybridized carbons (Fsp3) is 0.381. The second kappa shape index (κ2) is 7.88. The molecule has 0 atom stereocenters. The molecule has 3 aromatic rings. The lowest BCUT2D eigenvalue weighted by molar-refractivity contribution is 1.03. The minimum Gasteiger partial charge on any atom is -0.248 e. The van der Waals surface area contributed by atoms with Gasteiger partial charge in [-0.05, 0) is 54.5 Å². The molecule has 0 N–H and O–H groups in total. The van der Waals surface area contributed by atoms with Crippen molar-refractivity contribution in [3.63, 3.8) is 0 Å². The number of benzene rings is 2. The maximum atomic E-state index is 4.68. The van der Waals surface area contributed by atoms with Crippen LogP contribution in [-0.2, 0) is 0 Å². The lowest BCUT2D eigenvalue weighted by Crippen LogP contribution is -1.90. The summed E-state index contributed by atoms with van der Waals surface area (Å²) in [6.07, 6.45) is 0. The Hall–Kier alpha value is -1.46. The van der Waals surface area contributed by atoms with Gasteiger partial charge in [-0.1, -0.05) is 52.0 Å². The van der Waals surface area contributed by atoms with Crippen LogP contribution in [0.5, 0.6) is 0 Å². The van der Waals surface area contributed by atoms with Crippen LogP contribution >= 0.6 is 8.58 Å². The lowest BCUT2D eigenvalue weighted by atomic mass is 10.0. The number of rotatable bonds is 2. The van der Waals surface area contributed by atoms with Gasteiger partial charge in [0.15, 0.2) is 0 Å². The van der Waals surface area contributed by atoms with E-state index in [0.717, 1.165) is 30.9 Å². The molecular formula is C21H28NP. The molecule has 0 radical (unpaired) electrons. The van der Waals surface area contributed by atoms with Gasteiger partial charge < -0.3 is 0 Å². The molecule has 0 aliphatic rings. The van der Waals surface area contributed by atoms with Crippen molar-refractivity contribution in [3.05, 3.63) is 53.6 Å². The molecule has 0 saturated carbocycles. The third-order valence-electron chi connectivity index (χ3n) is 3.91. The number of aryl methyl sites for hydroxylation is 2. The van der Waals surface area contributed by atoms with Gasteiger partial charge in [0.1, 0.15) is 0 Å². The Balaban J connectivity index is 0.000000236. The maximum absolute atomic E-state index is 4.68. The first-order chi connectivity index (χ1) is 10.9. The number of para-hydroxylation sites is 1. The fourth-order valence-corrected chi connectivity index (χ4v) is 4.10. The van der Waals surface area contributed by atoms with Crippen LogP contribution in [0.15, 0.2) is 42.5 Å². The van der Waals surface area contributed by atoms with E-state index in [2.05, 4.69) is 82.9 Å². The minimum absolute atomic E-state index is 0.903. The number of pyridine rings is 1. The van der Waals surface area contributed by atoms with Gasteiger partial charge in [-0.15, -0.1) is 8.58 Å². The van der Waals surface area contributed by atoms with Gasteiger partial charge in [0.05, 0.1) is 11.0 Å². The Morgan fingerprint density at radius 1 is 0.826 bits per heavy atom. The van der Waals surface area contributed by atoms with E-state index in [0.29, 0.717) is 0 Å². The largest absolute Gasteiger partial charge is 0.248 e. The molecule has 0 aliphatic heterocycles. The van der Waals surface area contributed by atoms with Crippen LogP contribution in [0.25, 0.3) is 21.8 Å². The van der Waals surface area contributed by atoms with Crippen LogP contribution in [0.4, 0.5) is 0 Å². The first-order valence-electron chi connectivity index (χ1n) is 8.40. The van der Waals surface area contributed by atoms with Crippen molar-refractivity contribution >= 4 is 30.4 Å². The predicted octanol–water partition coefficient (Wildman–Crippen LogP) is 6.49. The van der Waals surface area contributed by atoms with Gasteiger partial charge in [-0.25, -0.2) is 4.98 Å². The van der Waals surface area contributed by atoms with Crippen LogP contribution in [0.2, 0.25) is 0 Å². The highest BCUT2D eigenvalue weighted by Gasteiger charge is 2.03. The van der Waals surface area contributed by atoms with Gasteiger partial charge in [-0.3, -0.25) is 0 Å². The maximum Gasteiger partial charge on any atom is 0.0712 e. The topological polar surface area (TPSA) is 12.9 Å². The molecule has 0 amide bonds. The molecule has 0 saturated heterocycles. The Labute approximate surface area is 142 Å². The average molecular weight is 325 g/mol. The predicted molar refractivity (Wildman–Crippen MR) is 107 cm³/mol. The summed E-state index contributed by atoms with van der Waals surface area (Å²) in [5, 5.41) is 2.47. The van der Waals surface area contributed by atoms with Crippen LogP contribution in [-0.4, -0.2) is 16.3 Å². The summed E-state index contributed by atoms with van der Waals surface area (Å²) in [6.45, 7) is 13.4. The van der Waals surface area contributed by atoms with Crippen molar-refractivity contribution < 1.29 is 0 Å². The Morgan fingerprint density at radius 2 is 1.48 bits per heavy atom. The van der Waals surface area contributed by atoms with E-state index in [1.165, 1.54) is 21.9 Å². The van der Waals surface area contributed by atoms with Crippen molar-refractivity contribution in [2.45, 2.75) is 52.9 Å². The highest BCUT2D eigenvalue weighted by molar-refractivity contribution is 7.39. The third-order valence-corrected chi connectivity index (χ3v) is 5.24. The van der Waals surface area contributed by atoms with Gasteiger partial charge in [-0.2, -0.15) is 0 Å². The van der Waals surface area contributed by atoms with Crippen molar-refractivity contribution in [1.29, 1.82) is 0 Å². The zero-order chi connectivity index (χ0) is 17.0. The van der Waals surface area contributed by atoms with Crippen molar-refractivity contribution in [2.75, 3.05) is 0 Å². The van der Waals surface area contributed by atoms with Crippen molar-refractivity contribution in [1.82, 2.24) is 4.98 Å². The van der Waals surface area contributed by atoms with E-state index in [1.807, 2.05) is 6.07 Å². The summed E-state index contributed by atoms with van der Waals surface area (Å²) in [5.74, 6) is 0. The molecule has 1 aromatic heterocycles. The van der Waals surface area contributed by atoms with E-state index in [-0.39, 0.29) is 0 Å². The Kier molecular flexibility index (Phi) is 6.13. The summed E-state index contributed by atoms with van der Waals surface area (Å²) in [4.78, 5) is 4.68. The van der Waals surface area contributed by atoms with E-state index in [1.54, 1.807) is 0 Å². The van der Waals surface area contributed by atoms with Crippen LogP contribution in [0.3, 0.4) is 0 Å². The zero-order valence-electron chi connectivity index (χ0n) is 15.1. The molecule has 0 unspecified atom stereocenters.